The van der Waals surface area contributed by atoms with E-state index in [4.69, 9.17) is 0 Å². The number of nitrogens with zero attached hydrogens (tertiary/aromatic N) is 1. The van der Waals surface area contributed by atoms with E-state index in [0.29, 0.717) is 5.69 Å². The van der Waals surface area contributed by atoms with Crippen molar-refractivity contribution in [1.29, 1.82) is 0 Å². The molecule has 2 heteroatoms. The van der Waals surface area contributed by atoms with Crippen molar-refractivity contribution in [2.75, 3.05) is 0 Å². The maximum atomic E-state index is 11.6. The first kappa shape index (κ1) is 9.59. The number of carbonyl (C=O) groups excluding carboxylic acids is 1. The molecule has 2 rings (SSSR count). The van der Waals surface area contributed by atoms with Crippen LogP contribution in [0.2, 0.25) is 0 Å². The molecule has 0 bridgehead atoms. The molecule has 0 aromatic carbocycles. The van der Waals surface area contributed by atoms with E-state index >= 15 is 0 Å². The van der Waals surface area contributed by atoms with Gasteiger partial charge in [-0.3, -0.25) is 9.78 Å². The molecule has 1 aliphatic rings. The Kier molecular flexibility index (Phi) is 2.88. The van der Waals surface area contributed by atoms with Gasteiger partial charge in [-0.1, -0.05) is 30.4 Å². The molecule has 0 atom stereocenters. The predicted octanol–water partition coefficient (Wildman–Crippen LogP) is 2.71. The smallest absolute Gasteiger partial charge is 0.204 e. The first-order valence-electron chi connectivity index (χ1n) is 4.86. The average Bonchev–Trinajstić information content (AvgIpc) is 2.80. The minimum absolute atomic E-state index is 0.0585. The lowest BCUT2D eigenvalue weighted by Crippen LogP contribution is -1.96. The third-order valence-electron chi connectivity index (χ3n) is 2.14. The van der Waals surface area contributed by atoms with E-state index in [-0.39, 0.29) is 5.78 Å². The molecule has 1 heterocycles. The van der Waals surface area contributed by atoms with Crippen molar-refractivity contribution in [3.63, 3.8) is 0 Å². The summed E-state index contributed by atoms with van der Waals surface area (Å²) in [5.74, 6) is -0.0585. The molecule has 74 valence electrons. The summed E-state index contributed by atoms with van der Waals surface area (Å²) in [6.45, 7) is 0. The Balaban J connectivity index is 2.07. The molecular weight excluding hydrogens is 186 g/mol. The molecule has 0 unspecified atom stereocenters. The number of carbonyl (C=O) groups is 1. The second-order valence-electron chi connectivity index (χ2n) is 3.25. The van der Waals surface area contributed by atoms with Crippen LogP contribution in [0.1, 0.15) is 16.9 Å². The molecule has 0 spiro atoms. The fourth-order valence-corrected chi connectivity index (χ4v) is 1.37. The third-order valence-corrected chi connectivity index (χ3v) is 2.14. The predicted molar refractivity (Wildman–Crippen MR) is 59.5 cm³/mol. The fraction of sp³-hybridized carbons (Fsp3) is 0.0769. The number of hydrogen-bond acceptors (Lipinski definition) is 2. The molecular formula is C13H11NO. The van der Waals surface area contributed by atoms with E-state index < -0.39 is 0 Å². The second-order valence-corrected chi connectivity index (χ2v) is 3.25. The van der Waals surface area contributed by atoms with E-state index in [1.807, 2.05) is 18.2 Å². The zero-order valence-corrected chi connectivity index (χ0v) is 8.26. The molecule has 1 aromatic rings. The van der Waals surface area contributed by atoms with Crippen LogP contribution in [0.15, 0.2) is 60.3 Å². The minimum Gasteiger partial charge on any atom is -0.288 e. The van der Waals surface area contributed by atoms with Gasteiger partial charge in [-0.25, -0.2) is 0 Å². The topological polar surface area (TPSA) is 30.0 Å². The molecule has 1 aromatic heterocycles. The summed E-state index contributed by atoms with van der Waals surface area (Å²) in [4.78, 5) is 15.6. The van der Waals surface area contributed by atoms with Gasteiger partial charge in [0.2, 0.25) is 5.78 Å². The normalized spacial score (nSPS) is 14.5. The van der Waals surface area contributed by atoms with E-state index in [0.717, 1.165) is 12.0 Å². The van der Waals surface area contributed by atoms with Crippen LogP contribution in [-0.2, 0) is 0 Å². The number of pyridine rings is 1. The lowest BCUT2D eigenvalue weighted by molar-refractivity contribution is 0.104. The van der Waals surface area contributed by atoms with Crippen LogP contribution in [0.3, 0.4) is 0 Å². The molecule has 1 aliphatic carbocycles. The number of ketones is 1. The summed E-state index contributed by atoms with van der Waals surface area (Å²) in [6.07, 6.45) is 12.1. The van der Waals surface area contributed by atoms with Crippen LogP contribution < -0.4 is 0 Å². The van der Waals surface area contributed by atoms with Crippen molar-refractivity contribution in [2.45, 2.75) is 6.42 Å². The van der Waals surface area contributed by atoms with Gasteiger partial charge in [-0.15, -0.1) is 0 Å². The van der Waals surface area contributed by atoms with Gasteiger partial charge in [-0.05, 0) is 30.2 Å². The largest absolute Gasteiger partial charge is 0.288 e. The molecule has 0 aliphatic heterocycles. The Morgan fingerprint density at radius 3 is 3.00 bits per heavy atom. The maximum absolute atomic E-state index is 11.6. The first-order chi connectivity index (χ1) is 7.36. The molecule has 0 N–H and O–H groups in total. The van der Waals surface area contributed by atoms with Crippen LogP contribution in [0.25, 0.3) is 0 Å². The van der Waals surface area contributed by atoms with Crippen LogP contribution in [-0.4, -0.2) is 10.8 Å². The highest BCUT2D eigenvalue weighted by molar-refractivity contribution is 6.03. The highest BCUT2D eigenvalue weighted by Gasteiger charge is 2.01. The van der Waals surface area contributed by atoms with E-state index in [2.05, 4.69) is 17.1 Å². The molecule has 0 fully saturated rings. The Labute approximate surface area is 88.7 Å². The van der Waals surface area contributed by atoms with Crippen LogP contribution in [0, 0.1) is 0 Å². The quantitative estimate of drug-likeness (QED) is 0.551. The van der Waals surface area contributed by atoms with Crippen LogP contribution in [0.4, 0.5) is 0 Å². The maximum Gasteiger partial charge on any atom is 0.204 e. The van der Waals surface area contributed by atoms with Crippen LogP contribution >= 0.6 is 0 Å². The molecule has 0 amide bonds. The molecule has 0 saturated carbocycles. The number of allylic oxidation sites excluding steroid dienone is 6. The number of rotatable bonds is 3. The zero-order valence-electron chi connectivity index (χ0n) is 8.26. The van der Waals surface area contributed by atoms with Crippen molar-refractivity contribution in [1.82, 2.24) is 4.98 Å². The van der Waals surface area contributed by atoms with Gasteiger partial charge in [-0.2, -0.15) is 0 Å². The average molecular weight is 197 g/mol. The summed E-state index contributed by atoms with van der Waals surface area (Å²) in [6, 6.07) is 5.32. The number of aromatic nitrogens is 1. The summed E-state index contributed by atoms with van der Waals surface area (Å²) in [5.41, 5.74) is 1.57. The highest BCUT2D eigenvalue weighted by atomic mass is 16.1. The monoisotopic (exact) mass is 197 g/mol. The van der Waals surface area contributed by atoms with Gasteiger partial charge in [0.25, 0.3) is 0 Å². The Morgan fingerprint density at radius 2 is 2.33 bits per heavy atom. The second kappa shape index (κ2) is 4.51. The van der Waals surface area contributed by atoms with Gasteiger partial charge in [0.15, 0.2) is 0 Å². The molecule has 0 saturated heterocycles. The standard InChI is InChI=1S/C13H11NO/c15-13(12-7-3-4-10-14-12)9-8-11-5-1-2-6-11/h1,3-10H,2H2/b9-8+. The summed E-state index contributed by atoms with van der Waals surface area (Å²) >= 11 is 0. The van der Waals surface area contributed by atoms with E-state index in [1.165, 1.54) is 0 Å². The first-order valence-corrected chi connectivity index (χ1v) is 4.86. The van der Waals surface area contributed by atoms with Gasteiger partial charge in [0.1, 0.15) is 5.69 Å². The lowest BCUT2D eigenvalue weighted by atomic mass is 10.2. The molecule has 15 heavy (non-hydrogen) atoms. The van der Waals surface area contributed by atoms with Gasteiger partial charge >= 0.3 is 0 Å². The third kappa shape index (κ3) is 2.50. The SMILES string of the molecule is O=C(/C=C/C1=CCC=C1)c1ccccn1. The summed E-state index contributed by atoms with van der Waals surface area (Å²) < 4.78 is 0. The lowest BCUT2D eigenvalue weighted by Gasteiger charge is -1.92. The fourth-order valence-electron chi connectivity index (χ4n) is 1.37. The Hall–Kier alpha value is -1.96. The van der Waals surface area contributed by atoms with Crippen LogP contribution in [0.5, 0.6) is 0 Å². The van der Waals surface area contributed by atoms with Gasteiger partial charge < -0.3 is 0 Å². The summed E-state index contributed by atoms with van der Waals surface area (Å²) in [7, 11) is 0. The molecule has 0 radical (unpaired) electrons. The zero-order chi connectivity index (χ0) is 10.5. The van der Waals surface area contributed by atoms with Crippen molar-refractivity contribution in [3.8, 4) is 0 Å². The van der Waals surface area contributed by atoms with E-state index in [9.17, 15) is 4.79 Å². The number of hydrogen-bond donors (Lipinski definition) is 0. The minimum atomic E-state index is -0.0585. The summed E-state index contributed by atoms with van der Waals surface area (Å²) in [5, 5.41) is 0. The Morgan fingerprint density at radius 1 is 1.40 bits per heavy atom. The Bertz CT molecular complexity index is 441. The van der Waals surface area contributed by atoms with E-state index in [1.54, 1.807) is 24.4 Å². The molecule has 2 nitrogen and oxygen atoms in total. The van der Waals surface area contributed by atoms with Crippen molar-refractivity contribution in [2.24, 2.45) is 0 Å². The van der Waals surface area contributed by atoms with Crippen molar-refractivity contribution >= 4 is 5.78 Å². The van der Waals surface area contributed by atoms with Crippen molar-refractivity contribution in [3.05, 3.63) is 66.0 Å². The van der Waals surface area contributed by atoms with Crippen molar-refractivity contribution < 1.29 is 4.79 Å². The van der Waals surface area contributed by atoms with Gasteiger partial charge in [0.05, 0.1) is 0 Å². The highest BCUT2D eigenvalue weighted by Crippen LogP contribution is 2.10. The van der Waals surface area contributed by atoms with Gasteiger partial charge in [0, 0.05) is 6.20 Å².